The van der Waals surface area contributed by atoms with Crippen molar-refractivity contribution in [1.82, 2.24) is 5.32 Å². The maximum Gasteiger partial charge on any atom is 0.157 e. The molecule has 1 aromatic carbocycles. The van der Waals surface area contributed by atoms with Crippen molar-refractivity contribution in [2.24, 2.45) is 0 Å². The Hall–Kier alpha value is -0.580. The molecule has 0 heterocycles. The van der Waals surface area contributed by atoms with Crippen LogP contribution < -0.4 is 17.7 Å². The normalized spacial score (nSPS) is 11.9. The minimum Gasteiger partial charge on any atom is -1.00 e. The van der Waals surface area contributed by atoms with Crippen LogP contribution in [0.3, 0.4) is 0 Å². The summed E-state index contributed by atoms with van der Waals surface area (Å²) in [6, 6.07) is 4.95. The summed E-state index contributed by atoms with van der Waals surface area (Å²) in [6.07, 6.45) is 2.02. The zero-order valence-corrected chi connectivity index (χ0v) is 10.3. The van der Waals surface area contributed by atoms with E-state index in [-0.39, 0.29) is 23.9 Å². The SMILES string of the molecule is CNCC(SC)c1ccc(O)c(O)c1.[Cl-]. The van der Waals surface area contributed by atoms with Gasteiger partial charge in [-0.2, -0.15) is 11.8 Å². The number of hydrogen-bond donors (Lipinski definition) is 3. The molecule has 0 saturated carbocycles. The lowest BCUT2D eigenvalue weighted by Gasteiger charge is -2.14. The molecule has 86 valence electrons. The molecule has 0 saturated heterocycles. The topological polar surface area (TPSA) is 52.5 Å². The Morgan fingerprint density at radius 2 is 2.00 bits per heavy atom. The summed E-state index contributed by atoms with van der Waals surface area (Å²) in [6.45, 7) is 0.839. The number of hydrogen-bond acceptors (Lipinski definition) is 4. The Morgan fingerprint density at radius 1 is 1.33 bits per heavy atom. The van der Waals surface area contributed by atoms with E-state index in [1.165, 1.54) is 6.07 Å². The maximum absolute atomic E-state index is 9.33. The van der Waals surface area contributed by atoms with Gasteiger partial charge in [-0.25, -0.2) is 0 Å². The Kier molecular flexibility index (Phi) is 6.56. The predicted molar refractivity (Wildman–Crippen MR) is 60.0 cm³/mol. The molecule has 3 N–H and O–H groups in total. The lowest BCUT2D eigenvalue weighted by Crippen LogP contribution is -3.00. The van der Waals surface area contributed by atoms with Gasteiger partial charge in [-0.1, -0.05) is 6.07 Å². The first-order chi connectivity index (χ1) is 6.69. The van der Waals surface area contributed by atoms with Crippen LogP contribution in [0.1, 0.15) is 10.8 Å². The summed E-state index contributed by atoms with van der Waals surface area (Å²) in [5, 5.41) is 21.9. The van der Waals surface area contributed by atoms with Gasteiger partial charge in [0, 0.05) is 11.8 Å². The van der Waals surface area contributed by atoms with E-state index in [0.29, 0.717) is 5.25 Å². The van der Waals surface area contributed by atoms with Gasteiger partial charge < -0.3 is 27.9 Å². The summed E-state index contributed by atoms with van der Waals surface area (Å²) < 4.78 is 0. The molecule has 0 spiro atoms. The maximum atomic E-state index is 9.33. The second-order valence-electron chi connectivity index (χ2n) is 3.03. The van der Waals surface area contributed by atoms with Crippen molar-refractivity contribution >= 4 is 11.8 Å². The first-order valence-corrected chi connectivity index (χ1v) is 5.67. The summed E-state index contributed by atoms with van der Waals surface area (Å²) in [5.41, 5.74) is 1.02. The standard InChI is InChI=1S/C10H15NO2S.ClH/c1-11-6-10(14-2)7-3-4-8(12)9(13)5-7;/h3-5,10-13H,6H2,1-2H3;1H/p-1. The molecule has 0 aliphatic carbocycles. The summed E-state index contributed by atoms with van der Waals surface area (Å²) >= 11 is 1.71. The van der Waals surface area contributed by atoms with Crippen molar-refractivity contribution in [3.63, 3.8) is 0 Å². The van der Waals surface area contributed by atoms with Gasteiger partial charge in [0.2, 0.25) is 0 Å². The van der Waals surface area contributed by atoms with E-state index >= 15 is 0 Å². The molecule has 0 aliphatic heterocycles. The van der Waals surface area contributed by atoms with Crippen LogP contribution in [0.2, 0.25) is 0 Å². The number of benzene rings is 1. The van der Waals surface area contributed by atoms with Gasteiger partial charge in [-0.3, -0.25) is 0 Å². The van der Waals surface area contributed by atoms with E-state index < -0.39 is 0 Å². The fourth-order valence-corrected chi connectivity index (χ4v) is 2.02. The molecule has 1 rings (SSSR count). The Morgan fingerprint density at radius 3 is 2.47 bits per heavy atom. The molecule has 0 fully saturated rings. The van der Waals surface area contributed by atoms with Crippen LogP contribution in [0.4, 0.5) is 0 Å². The highest BCUT2D eigenvalue weighted by molar-refractivity contribution is 7.98. The largest absolute Gasteiger partial charge is 1.00 e. The van der Waals surface area contributed by atoms with Crippen LogP contribution in [0.15, 0.2) is 18.2 Å². The third-order valence-corrected chi connectivity index (χ3v) is 3.05. The molecule has 0 radical (unpaired) electrons. The van der Waals surface area contributed by atoms with Crippen molar-refractivity contribution < 1.29 is 22.6 Å². The number of thioether (sulfide) groups is 1. The zero-order chi connectivity index (χ0) is 10.6. The molecule has 0 amide bonds. The average molecular weight is 249 g/mol. The molecule has 5 heteroatoms. The molecule has 0 aromatic heterocycles. The molecule has 3 nitrogen and oxygen atoms in total. The fourth-order valence-electron chi connectivity index (χ4n) is 1.26. The van der Waals surface area contributed by atoms with E-state index in [1.807, 2.05) is 19.4 Å². The Bertz CT molecular complexity index is 309. The Labute approximate surface area is 100 Å². The highest BCUT2D eigenvalue weighted by atomic mass is 35.5. The van der Waals surface area contributed by atoms with Crippen molar-refractivity contribution in [3.05, 3.63) is 23.8 Å². The smallest absolute Gasteiger partial charge is 0.157 e. The number of likely N-dealkylation sites (N-methyl/N-ethyl adjacent to an activating group) is 1. The molecule has 0 aliphatic rings. The Balaban J connectivity index is 0.00000196. The van der Waals surface area contributed by atoms with Gasteiger partial charge in [0.05, 0.1) is 0 Å². The molecule has 1 aromatic rings. The van der Waals surface area contributed by atoms with Crippen LogP contribution in [0.5, 0.6) is 11.5 Å². The molecular formula is C10H15ClNO2S-. The predicted octanol–water partition coefficient (Wildman–Crippen LogP) is -1.27. The van der Waals surface area contributed by atoms with Gasteiger partial charge in [-0.05, 0) is 31.0 Å². The lowest BCUT2D eigenvalue weighted by molar-refractivity contribution is -0.00000471. The number of nitrogens with one attached hydrogen (secondary N) is 1. The lowest BCUT2D eigenvalue weighted by atomic mass is 10.1. The van der Waals surface area contributed by atoms with Crippen LogP contribution in [0.25, 0.3) is 0 Å². The average Bonchev–Trinajstić information content (AvgIpc) is 2.19. The monoisotopic (exact) mass is 248 g/mol. The van der Waals surface area contributed by atoms with E-state index in [9.17, 15) is 5.11 Å². The van der Waals surface area contributed by atoms with Crippen LogP contribution in [-0.2, 0) is 0 Å². The minimum atomic E-state index is -0.0712. The van der Waals surface area contributed by atoms with E-state index in [4.69, 9.17) is 5.11 Å². The number of phenolic OH excluding ortho intramolecular Hbond substituents is 2. The van der Waals surface area contributed by atoms with Crippen LogP contribution >= 0.6 is 11.8 Å². The minimum absolute atomic E-state index is 0. The van der Waals surface area contributed by atoms with Gasteiger partial charge in [0.25, 0.3) is 0 Å². The number of rotatable bonds is 4. The molecule has 1 atom stereocenters. The van der Waals surface area contributed by atoms with Crippen molar-refractivity contribution in [2.75, 3.05) is 19.8 Å². The van der Waals surface area contributed by atoms with Gasteiger partial charge >= 0.3 is 0 Å². The van der Waals surface area contributed by atoms with E-state index in [0.717, 1.165) is 12.1 Å². The van der Waals surface area contributed by atoms with Crippen LogP contribution in [0, 0.1) is 0 Å². The van der Waals surface area contributed by atoms with Crippen LogP contribution in [-0.4, -0.2) is 30.1 Å². The summed E-state index contributed by atoms with van der Waals surface area (Å²) in [4.78, 5) is 0. The molecule has 15 heavy (non-hydrogen) atoms. The third kappa shape index (κ3) is 3.81. The van der Waals surface area contributed by atoms with Gasteiger partial charge in [-0.15, -0.1) is 0 Å². The van der Waals surface area contributed by atoms with Crippen molar-refractivity contribution in [1.29, 1.82) is 0 Å². The van der Waals surface area contributed by atoms with E-state index in [1.54, 1.807) is 17.8 Å². The molecule has 0 bridgehead atoms. The second-order valence-corrected chi connectivity index (χ2v) is 4.07. The highest BCUT2D eigenvalue weighted by Crippen LogP contribution is 2.32. The molecule has 1 unspecified atom stereocenters. The summed E-state index contributed by atoms with van der Waals surface area (Å²) in [7, 11) is 1.89. The third-order valence-electron chi connectivity index (χ3n) is 2.05. The number of halogens is 1. The van der Waals surface area contributed by atoms with E-state index in [2.05, 4.69) is 5.32 Å². The van der Waals surface area contributed by atoms with Gasteiger partial charge in [0.15, 0.2) is 11.5 Å². The van der Waals surface area contributed by atoms with Crippen molar-refractivity contribution in [3.8, 4) is 11.5 Å². The molecular weight excluding hydrogens is 234 g/mol. The van der Waals surface area contributed by atoms with Crippen molar-refractivity contribution in [2.45, 2.75) is 5.25 Å². The summed E-state index contributed by atoms with van der Waals surface area (Å²) in [5.74, 6) is -0.129. The fraction of sp³-hybridized carbons (Fsp3) is 0.400. The quantitative estimate of drug-likeness (QED) is 0.582. The zero-order valence-electron chi connectivity index (χ0n) is 8.70. The van der Waals surface area contributed by atoms with Gasteiger partial charge in [0.1, 0.15) is 0 Å². The second kappa shape index (κ2) is 6.82. The number of aromatic hydroxyl groups is 2. The number of phenols is 2. The highest BCUT2D eigenvalue weighted by Gasteiger charge is 2.10. The first-order valence-electron chi connectivity index (χ1n) is 4.38. The first kappa shape index (κ1) is 14.4.